The molecule has 8 heteroatoms. The molecule has 0 fully saturated rings. The normalized spacial score (nSPS) is 10.9. The predicted octanol–water partition coefficient (Wildman–Crippen LogP) is 7.22. The number of fused-ring (bicyclic) bond motifs is 1. The molecule has 1 aromatic heterocycles. The molecular weight excluding hydrogens is 491 g/mol. The van der Waals surface area contributed by atoms with E-state index in [1.54, 1.807) is 54.6 Å². The Balaban J connectivity index is 1.59. The van der Waals surface area contributed by atoms with E-state index in [1.165, 1.54) is 0 Å². The lowest BCUT2D eigenvalue weighted by Crippen LogP contribution is -2.12. The summed E-state index contributed by atoms with van der Waals surface area (Å²) < 4.78 is 12.0. The number of nitrogens with one attached hydrogen (secondary N) is 1. The number of aromatic nitrogens is 1. The van der Waals surface area contributed by atoms with Gasteiger partial charge in [-0.1, -0.05) is 29.3 Å². The number of hydrogen-bond acceptors (Lipinski definition) is 4. The molecule has 0 spiro atoms. The number of amides is 1. The van der Waals surface area contributed by atoms with Gasteiger partial charge in [0.15, 0.2) is 5.58 Å². The van der Waals surface area contributed by atoms with E-state index < -0.39 is 0 Å². The second-order valence-corrected chi connectivity index (χ2v) is 7.97. The molecule has 0 aliphatic rings. The molecule has 0 aliphatic heterocycles. The standard InChI is InChI=1S/C22H15BrCl2N2O3/c1-2-29-18-8-6-12(10-15(18)23)21(28)26-13-7-9-19-17(11-13)27-22(30-19)14-4-3-5-16(24)20(14)25/h3-11H,2H2,1H3,(H,26,28). The maximum Gasteiger partial charge on any atom is 0.255 e. The van der Waals surface area contributed by atoms with Crippen LogP contribution in [-0.2, 0) is 0 Å². The largest absolute Gasteiger partial charge is 0.493 e. The number of anilines is 1. The van der Waals surface area contributed by atoms with Gasteiger partial charge in [0.2, 0.25) is 5.89 Å². The van der Waals surface area contributed by atoms with Crippen LogP contribution in [0.5, 0.6) is 5.75 Å². The number of hydrogen-bond donors (Lipinski definition) is 1. The van der Waals surface area contributed by atoms with Crippen molar-refractivity contribution in [2.24, 2.45) is 0 Å². The number of oxazole rings is 1. The molecule has 0 atom stereocenters. The summed E-state index contributed by atoms with van der Waals surface area (Å²) in [6.45, 7) is 2.45. The van der Waals surface area contributed by atoms with Crippen LogP contribution in [0.3, 0.4) is 0 Å². The highest BCUT2D eigenvalue weighted by atomic mass is 79.9. The number of rotatable bonds is 5. The molecule has 152 valence electrons. The third-order valence-corrected chi connectivity index (χ3v) is 5.76. The van der Waals surface area contributed by atoms with Crippen molar-refractivity contribution in [3.8, 4) is 17.2 Å². The van der Waals surface area contributed by atoms with Crippen LogP contribution in [0, 0.1) is 0 Å². The van der Waals surface area contributed by atoms with Crippen molar-refractivity contribution >= 4 is 61.8 Å². The van der Waals surface area contributed by atoms with Gasteiger partial charge in [0.1, 0.15) is 11.3 Å². The van der Waals surface area contributed by atoms with Crippen LogP contribution < -0.4 is 10.1 Å². The molecule has 0 radical (unpaired) electrons. The minimum absolute atomic E-state index is 0.250. The first kappa shape index (κ1) is 20.7. The van der Waals surface area contributed by atoms with Crippen molar-refractivity contribution in [2.45, 2.75) is 6.92 Å². The first-order valence-corrected chi connectivity index (χ1v) is 10.6. The van der Waals surface area contributed by atoms with E-state index in [-0.39, 0.29) is 5.91 Å². The molecule has 0 aliphatic carbocycles. The monoisotopic (exact) mass is 504 g/mol. The van der Waals surface area contributed by atoms with E-state index >= 15 is 0 Å². The molecule has 0 bridgehead atoms. The third-order valence-electron chi connectivity index (χ3n) is 4.32. The van der Waals surface area contributed by atoms with Gasteiger partial charge in [-0.2, -0.15) is 0 Å². The summed E-state index contributed by atoms with van der Waals surface area (Å²) in [5.41, 5.74) is 2.85. The number of benzene rings is 3. The van der Waals surface area contributed by atoms with Crippen LogP contribution in [0.15, 0.2) is 63.5 Å². The van der Waals surface area contributed by atoms with Crippen LogP contribution in [0.1, 0.15) is 17.3 Å². The van der Waals surface area contributed by atoms with Crippen LogP contribution in [0.4, 0.5) is 5.69 Å². The zero-order chi connectivity index (χ0) is 21.3. The molecule has 3 aromatic carbocycles. The summed E-state index contributed by atoms with van der Waals surface area (Å²) in [6.07, 6.45) is 0. The quantitative estimate of drug-likeness (QED) is 0.311. The molecule has 1 amide bonds. The highest BCUT2D eigenvalue weighted by Crippen LogP contribution is 2.35. The van der Waals surface area contributed by atoms with Crippen molar-refractivity contribution in [1.29, 1.82) is 0 Å². The molecule has 0 unspecified atom stereocenters. The maximum atomic E-state index is 12.6. The molecule has 4 rings (SSSR count). The molecule has 1 heterocycles. The molecule has 0 saturated heterocycles. The fraction of sp³-hybridized carbons (Fsp3) is 0.0909. The summed E-state index contributed by atoms with van der Waals surface area (Å²) in [6, 6.07) is 15.7. The Bertz CT molecular complexity index is 1260. The Hall–Kier alpha value is -2.54. The zero-order valence-electron chi connectivity index (χ0n) is 15.7. The van der Waals surface area contributed by atoms with Crippen molar-refractivity contribution in [3.63, 3.8) is 0 Å². The number of ether oxygens (including phenoxy) is 1. The van der Waals surface area contributed by atoms with Crippen molar-refractivity contribution in [1.82, 2.24) is 4.98 Å². The molecular formula is C22H15BrCl2N2O3. The number of halogens is 3. The van der Waals surface area contributed by atoms with Crippen molar-refractivity contribution in [3.05, 3.63) is 74.7 Å². The highest BCUT2D eigenvalue weighted by molar-refractivity contribution is 9.10. The number of carbonyl (C=O) groups is 1. The third kappa shape index (κ3) is 4.17. The minimum Gasteiger partial charge on any atom is -0.493 e. The van der Waals surface area contributed by atoms with Gasteiger partial charge in [0.25, 0.3) is 5.91 Å². The first-order chi connectivity index (χ1) is 14.5. The van der Waals surface area contributed by atoms with E-state index in [1.807, 2.05) is 6.92 Å². The average molecular weight is 506 g/mol. The van der Waals surface area contributed by atoms with E-state index in [9.17, 15) is 4.79 Å². The topological polar surface area (TPSA) is 64.4 Å². The summed E-state index contributed by atoms with van der Waals surface area (Å²) in [5, 5.41) is 3.67. The fourth-order valence-corrected chi connectivity index (χ4v) is 3.78. The number of nitrogens with zero attached hydrogens (tertiary/aromatic N) is 1. The highest BCUT2D eigenvalue weighted by Gasteiger charge is 2.15. The second kappa shape index (κ2) is 8.68. The Morgan fingerprint density at radius 2 is 2.00 bits per heavy atom. The van der Waals surface area contributed by atoms with Gasteiger partial charge in [-0.05, 0) is 71.4 Å². The van der Waals surface area contributed by atoms with E-state index in [0.717, 1.165) is 0 Å². The Labute approximate surface area is 191 Å². The predicted molar refractivity (Wildman–Crippen MR) is 123 cm³/mol. The van der Waals surface area contributed by atoms with Gasteiger partial charge in [-0.15, -0.1) is 0 Å². The van der Waals surface area contributed by atoms with E-state index in [0.29, 0.717) is 60.7 Å². The van der Waals surface area contributed by atoms with Crippen molar-refractivity contribution < 1.29 is 13.9 Å². The Morgan fingerprint density at radius 1 is 1.17 bits per heavy atom. The lowest BCUT2D eigenvalue weighted by molar-refractivity contribution is 0.102. The van der Waals surface area contributed by atoms with E-state index in [2.05, 4.69) is 26.2 Å². The lowest BCUT2D eigenvalue weighted by Gasteiger charge is -2.09. The van der Waals surface area contributed by atoms with Gasteiger partial charge in [0, 0.05) is 11.3 Å². The molecule has 5 nitrogen and oxygen atoms in total. The average Bonchev–Trinajstić information content (AvgIpc) is 3.14. The molecule has 30 heavy (non-hydrogen) atoms. The zero-order valence-corrected chi connectivity index (χ0v) is 18.8. The summed E-state index contributed by atoms with van der Waals surface area (Å²) in [5.74, 6) is 0.793. The maximum absolute atomic E-state index is 12.6. The van der Waals surface area contributed by atoms with E-state index in [4.69, 9.17) is 32.4 Å². The fourth-order valence-electron chi connectivity index (χ4n) is 2.91. The van der Waals surface area contributed by atoms with Gasteiger partial charge >= 0.3 is 0 Å². The molecule has 0 saturated carbocycles. The minimum atomic E-state index is -0.250. The van der Waals surface area contributed by atoms with Gasteiger partial charge < -0.3 is 14.5 Å². The summed E-state index contributed by atoms with van der Waals surface area (Å²) >= 11 is 15.8. The van der Waals surface area contributed by atoms with Crippen molar-refractivity contribution in [2.75, 3.05) is 11.9 Å². The SMILES string of the molecule is CCOc1ccc(C(=O)Nc2ccc3oc(-c4cccc(Cl)c4Cl)nc3c2)cc1Br. The summed E-state index contributed by atoms with van der Waals surface area (Å²) in [4.78, 5) is 17.1. The van der Waals surface area contributed by atoms with Crippen LogP contribution in [-0.4, -0.2) is 17.5 Å². The lowest BCUT2D eigenvalue weighted by atomic mass is 10.2. The smallest absolute Gasteiger partial charge is 0.255 e. The second-order valence-electron chi connectivity index (χ2n) is 6.34. The van der Waals surface area contributed by atoms with Crippen LogP contribution >= 0.6 is 39.1 Å². The molecule has 1 N–H and O–H groups in total. The van der Waals surface area contributed by atoms with Crippen LogP contribution in [0.2, 0.25) is 10.0 Å². The summed E-state index contributed by atoms with van der Waals surface area (Å²) in [7, 11) is 0. The number of carbonyl (C=O) groups excluding carboxylic acids is 1. The molecule has 4 aromatic rings. The van der Waals surface area contributed by atoms with Gasteiger partial charge in [-0.25, -0.2) is 4.98 Å². The van der Waals surface area contributed by atoms with Gasteiger partial charge in [-0.3, -0.25) is 4.79 Å². The Morgan fingerprint density at radius 3 is 2.77 bits per heavy atom. The Kier molecular flexibility index (Phi) is 5.99. The van der Waals surface area contributed by atoms with Crippen LogP contribution in [0.25, 0.3) is 22.6 Å². The first-order valence-electron chi connectivity index (χ1n) is 9.05. The van der Waals surface area contributed by atoms with Gasteiger partial charge in [0.05, 0.1) is 26.7 Å².